The van der Waals surface area contributed by atoms with E-state index in [1.54, 1.807) is 18.0 Å². The van der Waals surface area contributed by atoms with E-state index in [-0.39, 0.29) is 5.69 Å². The van der Waals surface area contributed by atoms with E-state index in [4.69, 9.17) is 16.3 Å². The molecule has 0 saturated heterocycles. The SMILES string of the molecule is COCCn1cc(NCc2cc([N+](=O)[O-])ccc2Cl)cn1. The van der Waals surface area contributed by atoms with Gasteiger partial charge in [0.2, 0.25) is 0 Å². The average Bonchev–Trinajstić information content (AvgIpc) is 2.92. The van der Waals surface area contributed by atoms with E-state index in [0.29, 0.717) is 30.3 Å². The van der Waals surface area contributed by atoms with Gasteiger partial charge in [0, 0.05) is 37.0 Å². The summed E-state index contributed by atoms with van der Waals surface area (Å²) in [5.41, 5.74) is 1.50. The normalized spacial score (nSPS) is 10.6. The van der Waals surface area contributed by atoms with Crippen LogP contribution < -0.4 is 5.32 Å². The highest BCUT2D eigenvalue weighted by molar-refractivity contribution is 6.31. The zero-order valence-electron chi connectivity index (χ0n) is 11.5. The summed E-state index contributed by atoms with van der Waals surface area (Å²) < 4.78 is 6.72. The van der Waals surface area contributed by atoms with Crippen LogP contribution in [-0.4, -0.2) is 28.4 Å². The van der Waals surface area contributed by atoms with Crippen molar-refractivity contribution in [1.82, 2.24) is 9.78 Å². The van der Waals surface area contributed by atoms with Crippen molar-refractivity contribution in [2.75, 3.05) is 19.0 Å². The summed E-state index contributed by atoms with van der Waals surface area (Å²) in [5, 5.41) is 18.5. The Morgan fingerprint density at radius 3 is 3.05 bits per heavy atom. The summed E-state index contributed by atoms with van der Waals surface area (Å²) in [6.07, 6.45) is 3.52. The van der Waals surface area contributed by atoms with E-state index in [1.807, 2.05) is 6.20 Å². The molecule has 21 heavy (non-hydrogen) atoms. The maximum Gasteiger partial charge on any atom is 0.269 e. The minimum absolute atomic E-state index is 0.0204. The molecule has 0 amide bonds. The molecule has 112 valence electrons. The van der Waals surface area contributed by atoms with Crippen LogP contribution in [0.2, 0.25) is 5.02 Å². The Bertz CT molecular complexity index is 630. The fourth-order valence-electron chi connectivity index (χ4n) is 1.77. The number of aromatic nitrogens is 2. The maximum absolute atomic E-state index is 10.8. The van der Waals surface area contributed by atoms with E-state index in [2.05, 4.69) is 10.4 Å². The summed E-state index contributed by atoms with van der Waals surface area (Å²) in [4.78, 5) is 10.3. The van der Waals surface area contributed by atoms with Crippen LogP contribution >= 0.6 is 11.6 Å². The first kappa shape index (κ1) is 15.3. The fraction of sp³-hybridized carbons (Fsp3) is 0.308. The first-order valence-corrected chi connectivity index (χ1v) is 6.66. The van der Waals surface area contributed by atoms with Gasteiger partial charge < -0.3 is 10.1 Å². The minimum atomic E-state index is -0.442. The van der Waals surface area contributed by atoms with Gasteiger partial charge in [-0.3, -0.25) is 14.8 Å². The predicted molar refractivity (Wildman–Crippen MR) is 79.5 cm³/mol. The maximum atomic E-state index is 10.8. The molecule has 1 heterocycles. The first-order valence-electron chi connectivity index (χ1n) is 6.28. The molecule has 1 N–H and O–H groups in total. The van der Waals surface area contributed by atoms with Gasteiger partial charge in [-0.2, -0.15) is 5.10 Å². The van der Waals surface area contributed by atoms with Crippen LogP contribution in [0.3, 0.4) is 0 Å². The van der Waals surface area contributed by atoms with Crippen molar-refractivity contribution < 1.29 is 9.66 Å². The molecule has 0 radical (unpaired) electrons. The number of rotatable bonds is 7. The number of nitrogens with one attached hydrogen (secondary N) is 1. The number of ether oxygens (including phenoxy) is 1. The summed E-state index contributed by atoms with van der Waals surface area (Å²) in [6, 6.07) is 4.37. The number of methoxy groups -OCH3 is 1. The molecular formula is C13H15ClN4O3. The van der Waals surface area contributed by atoms with Gasteiger partial charge >= 0.3 is 0 Å². The number of benzene rings is 1. The van der Waals surface area contributed by atoms with E-state index in [1.165, 1.54) is 18.2 Å². The number of hydrogen-bond acceptors (Lipinski definition) is 5. The standard InChI is InChI=1S/C13H15ClN4O3/c1-21-5-4-17-9-11(8-16-17)15-7-10-6-12(18(19)20)2-3-13(10)14/h2-3,6,8-9,15H,4-5,7H2,1H3. The smallest absolute Gasteiger partial charge is 0.269 e. The van der Waals surface area contributed by atoms with Crippen molar-refractivity contribution in [3.05, 3.63) is 51.3 Å². The Labute approximate surface area is 126 Å². The number of nitrogens with zero attached hydrogens (tertiary/aromatic N) is 3. The van der Waals surface area contributed by atoms with Crippen LogP contribution in [0.25, 0.3) is 0 Å². The number of halogens is 1. The summed E-state index contributed by atoms with van der Waals surface area (Å²) in [7, 11) is 1.63. The summed E-state index contributed by atoms with van der Waals surface area (Å²) >= 11 is 6.04. The Hall–Kier alpha value is -2.12. The number of nitro groups is 1. The third-order valence-electron chi connectivity index (χ3n) is 2.88. The molecule has 8 heteroatoms. The zero-order chi connectivity index (χ0) is 15.2. The predicted octanol–water partition coefficient (Wildman–Crippen LogP) is 2.70. The minimum Gasteiger partial charge on any atom is -0.383 e. The van der Waals surface area contributed by atoms with E-state index in [0.717, 1.165) is 5.69 Å². The molecule has 1 aromatic carbocycles. The summed E-state index contributed by atoms with van der Waals surface area (Å²) in [5.74, 6) is 0. The molecule has 0 aliphatic carbocycles. The topological polar surface area (TPSA) is 82.2 Å². The van der Waals surface area contributed by atoms with Crippen LogP contribution in [0.1, 0.15) is 5.56 Å². The van der Waals surface area contributed by atoms with Crippen LogP contribution in [0.5, 0.6) is 0 Å². The fourth-order valence-corrected chi connectivity index (χ4v) is 1.95. The Kier molecular flexibility index (Phi) is 5.13. The van der Waals surface area contributed by atoms with Gasteiger partial charge in [0.15, 0.2) is 0 Å². The average molecular weight is 311 g/mol. The quantitative estimate of drug-likeness (QED) is 0.628. The molecule has 0 atom stereocenters. The van der Waals surface area contributed by atoms with Gasteiger partial charge in [0.25, 0.3) is 5.69 Å². The molecule has 2 rings (SSSR count). The van der Waals surface area contributed by atoms with Crippen molar-refractivity contribution in [3.8, 4) is 0 Å². The third-order valence-corrected chi connectivity index (χ3v) is 3.25. The van der Waals surface area contributed by atoms with E-state index < -0.39 is 4.92 Å². The Morgan fingerprint density at radius 1 is 1.52 bits per heavy atom. The monoisotopic (exact) mass is 310 g/mol. The number of non-ortho nitro benzene ring substituents is 1. The number of hydrogen-bond donors (Lipinski definition) is 1. The molecule has 0 aliphatic heterocycles. The first-order chi connectivity index (χ1) is 10.1. The van der Waals surface area contributed by atoms with Crippen molar-refractivity contribution in [2.45, 2.75) is 13.1 Å². The lowest BCUT2D eigenvalue weighted by Crippen LogP contribution is -2.04. The van der Waals surface area contributed by atoms with Crippen LogP contribution in [-0.2, 0) is 17.8 Å². The molecule has 1 aromatic heterocycles. The van der Waals surface area contributed by atoms with Crippen LogP contribution in [0.4, 0.5) is 11.4 Å². The van der Waals surface area contributed by atoms with Gasteiger partial charge in [0.1, 0.15) is 0 Å². The lowest BCUT2D eigenvalue weighted by atomic mass is 10.2. The highest BCUT2D eigenvalue weighted by atomic mass is 35.5. The van der Waals surface area contributed by atoms with Crippen molar-refractivity contribution in [2.24, 2.45) is 0 Å². The van der Waals surface area contributed by atoms with Crippen LogP contribution in [0.15, 0.2) is 30.6 Å². The van der Waals surface area contributed by atoms with Gasteiger partial charge in [0.05, 0.1) is 30.0 Å². The highest BCUT2D eigenvalue weighted by Crippen LogP contribution is 2.23. The molecule has 2 aromatic rings. The molecule has 0 saturated carbocycles. The second kappa shape index (κ2) is 7.05. The van der Waals surface area contributed by atoms with Gasteiger partial charge in [-0.05, 0) is 11.6 Å². The molecular weight excluding hydrogens is 296 g/mol. The molecule has 0 spiro atoms. The number of anilines is 1. The van der Waals surface area contributed by atoms with E-state index in [9.17, 15) is 10.1 Å². The molecule has 0 bridgehead atoms. The largest absolute Gasteiger partial charge is 0.383 e. The molecule has 7 nitrogen and oxygen atoms in total. The van der Waals surface area contributed by atoms with Gasteiger partial charge in [-0.1, -0.05) is 11.6 Å². The van der Waals surface area contributed by atoms with Crippen molar-refractivity contribution in [1.29, 1.82) is 0 Å². The van der Waals surface area contributed by atoms with Crippen molar-refractivity contribution in [3.63, 3.8) is 0 Å². The zero-order valence-corrected chi connectivity index (χ0v) is 12.2. The lowest BCUT2D eigenvalue weighted by molar-refractivity contribution is -0.384. The second-order valence-electron chi connectivity index (χ2n) is 4.37. The van der Waals surface area contributed by atoms with Gasteiger partial charge in [-0.25, -0.2) is 0 Å². The lowest BCUT2D eigenvalue weighted by Gasteiger charge is -2.06. The Balaban J connectivity index is 2.00. The molecule has 0 aliphatic rings. The highest BCUT2D eigenvalue weighted by Gasteiger charge is 2.09. The van der Waals surface area contributed by atoms with E-state index >= 15 is 0 Å². The molecule has 0 fully saturated rings. The summed E-state index contributed by atoms with van der Waals surface area (Å²) in [6.45, 7) is 1.63. The van der Waals surface area contributed by atoms with Crippen LogP contribution in [0, 0.1) is 10.1 Å². The second-order valence-corrected chi connectivity index (χ2v) is 4.78. The van der Waals surface area contributed by atoms with Gasteiger partial charge in [-0.15, -0.1) is 0 Å². The van der Waals surface area contributed by atoms with Crippen molar-refractivity contribution >= 4 is 23.0 Å². The Morgan fingerprint density at radius 2 is 2.33 bits per heavy atom. The molecule has 0 unspecified atom stereocenters. The third kappa shape index (κ3) is 4.17. The number of nitro benzene ring substituents is 1.